The van der Waals surface area contributed by atoms with E-state index >= 15 is 0 Å². The normalized spacial score (nSPS) is 22.2. The van der Waals surface area contributed by atoms with Crippen LogP contribution in [0, 0.1) is 5.92 Å². The average Bonchev–Trinajstić information content (AvgIpc) is 2.61. The zero-order valence-electron chi connectivity index (χ0n) is 8.71. The summed E-state index contributed by atoms with van der Waals surface area (Å²) >= 11 is 3.83. The van der Waals surface area contributed by atoms with Crippen molar-refractivity contribution in [3.05, 3.63) is 34.9 Å². The Labute approximate surface area is 99.0 Å². The summed E-state index contributed by atoms with van der Waals surface area (Å²) in [5.74, 6) is 0.852. The molecule has 0 saturated heterocycles. The van der Waals surface area contributed by atoms with Gasteiger partial charge in [-0.05, 0) is 35.4 Å². The number of hydrogen-bond acceptors (Lipinski definition) is 1. The molecule has 1 nitrogen and oxygen atoms in total. The molecule has 1 aliphatic heterocycles. The highest BCUT2D eigenvalue weighted by molar-refractivity contribution is 9.09. The van der Waals surface area contributed by atoms with Crippen LogP contribution in [0.3, 0.4) is 0 Å². The minimum Gasteiger partial charge on any atom is -0.372 e. The lowest BCUT2D eigenvalue weighted by Gasteiger charge is -2.30. The van der Waals surface area contributed by atoms with Crippen LogP contribution in [-0.2, 0) is 18.0 Å². The molecule has 1 fully saturated rings. The van der Waals surface area contributed by atoms with Crippen molar-refractivity contribution in [2.24, 2.45) is 5.92 Å². The molecule has 0 N–H and O–H groups in total. The molecule has 2 aliphatic rings. The topological polar surface area (TPSA) is 9.23 Å². The van der Waals surface area contributed by atoms with Crippen molar-refractivity contribution in [1.29, 1.82) is 0 Å². The van der Waals surface area contributed by atoms with Crippen molar-refractivity contribution in [1.82, 2.24) is 0 Å². The zero-order valence-corrected chi connectivity index (χ0v) is 10.3. The fraction of sp³-hybridized carbons (Fsp3) is 0.538. The van der Waals surface area contributed by atoms with E-state index in [2.05, 4.69) is 34.1 Å². The predicted octanol–water partition coefficient (Wildman–Crippen LogP) is 3.95. The first-order valence-electron chi connectivity index (χ1n) is 5.68. The van der Waals surface area contributed by atoms with Crippen molar-refractivity contribution in [3.8, 4) is 0 Å². The maximum absolute atomic E-state index is 5.44. The van der Waals surface area contributed by atoms with Crippen LogP contribution in [0.15, 0.2) is 18.2 Å². The molecule has 1 aromatic rings. The first-order chi connectivity index (χ1) is 7.34. The third kappa shape index (κ3) is 1.74. The lowest BCUT2D eigenvalue weighted by atomic mass is 9.80. The van der Waals surface area contributed by atoms with Gasteiger partial charge in [0.15, 0.2) is 0 Å². The summed E-state index contributed by atoms with van der Waals surface area (Å²) in [7, 11) is 0. The minimum absolute atomic E-state index is 0.553. The van der Waals surface area contributed by atoms with E-state index in [1.54, 1.807) is 0 Å². The molecule has 1 aromatic carbocycles. The Balaban J connectivity index is 1.85. The maximum Gasteiger partial charge on any atom is 0.0725 e. The van der Waals surface area contributed by atoms with Crippen molar-refractivity contribution < 1.29 is 4.74 Å². The Kier molecular flexibility index (Phi) is 2.57. The first kappa shape index (κ1) is 9.86. The highest BCUT2D eigenvalue weighted by Crippen LogP contribution is 2.43. The molecular formula is C13H15BrO. The molecule has 3 rings (SSSR count). The van der Waals surface area contributed by atoms with Gasteiger partial charge in [-0.3, -0.25) is 0 Å². The average molecular weight is 267 g/mol. The van der Waals surface area contributed by atoms with E-state index in [0.717, 1.165) is 19.1 Å². The van der Waals surface area contributed by atoms with E-state index in [1.807, 2.05) is 0 Å². The summed E-state index contributed by atoms with van der Waals surface area (Å²) in [5.41, 5.74) is 4.19. The Morgan fingerprint density at radius 1 is 1.20 bits per heavy atom. The van der Waals surface area contributed by atoms with Gasteiger partial charge in [0.2, 0.25) is 0 Å². The van der Waals surface area contributed by atoms with Crippen molar-refractivity contribution in [3.63, 3.8) is 0 Å². The monoisotopic (exact) mass is 266 g/mol. The second-order valence-electron chi connectivity index (χ2n) is 4.61. The van der Waals surface area contributed by atoms with Crippen LogP contribution in [0.25, 0.3) is 0 Å². The predicted molar refractivity (Wildman–Crippen MR) is 63.9 cm³/mol. The summed E-state index contributed by atoms with van der Waals surface area (Å²) in [4.78, 5) is 0.553. The second kappa shape index (κ2) is 3.91. The molecule has 15 heavy (non-hydrogen) atoms. The van der Waals surface area contributed by atoms with Crippen molar-refractivity contribution >= 4 is 15.9 Å². The maximum atomic E-state index is 5.44. The van der Waals surface area contributed by atoms with Crippen LogP contribution in [-0.4, -0.2) is 0 Å². The molecule has 0 spiro atoms. The summed E-state index contributed by atoms with van der Waals surface area (Å²) in [5, 5.41) is 0. The molecule has 80 valence electrons. The summed E-state index contributed by atoms with van der Waals surface area (Å²) in [6.45, 7) is 1.60. The SMILES string of the molecule is BrC(c1ccc2c(c1)COC2)C1CCC1. The van der Waals surface area contributed by atoms with Gasteiger partial charge in [0, 0.05) is 4.83 Å². The lowest BCUT2D eigenvalue weighted by Crippen LogP contribution is -2.16. The first-order valence-corrected chi connectivity index (χ1v) is 6.59. The van der Waals surface area contributed by atoms with E-state index in [1.165, 1.54) is 36.0 Å². The number of hydrogen-bond donors (Lipinski definition) is 0. The Bertz CT molecular complexity index is 371. The van der Waals surface area contributed by atoms with Crippen LogP contribution < -0.4 is 0 Å². The number of rotatable bonds is 2. The highest BCUT2D eigenvalue weighted by Gasteiger charge is 2.27. The molecule has 0 aromatic heterocycles. The van der Waals surface area contributed by atoms with Crippen molar-refractivity contribution in [2.75, 3.05) is 0 Å². The number of halogens is 1. The summed E-state index contributed by atoms with van der Waals surface area (Å²) < 4.78 is 5.44. The van der Waals surface area contributed by atoms with Crippen LogP contribution in [0.4, 0.5) is 0 Å². The lowest BCUT2D eigenvalue weighted by molar-refractivity contribution is 0.134. The molecular weight excluding hydrogens is 252 g/mol. The molecule has 2 heteroatoms. The Hall–Kier alpha value is -0.340. The number of alkyl halides is 1. The standard InChI is InChI=1S/C13H15BrO/c14-13(9-2-1-3-9)10-4-5-11-7-15-8-12(11)6-10/h4-6,9,13H,1-3,7-8H2. The van der Waals surface area contributed by atoms with Gasteiger partial charge in [-0.15, -0.1) is 0 Å². The summed E-state index contributed by atoms with van der Waals surface area (Å²) in [6.07, 6.45) is 4.16. The smallest absolute Gasteiger partial charge is 0.0725 e. The van der Waals surface area contributed by atoms with Crippen LogP contribution >= 0.6 is 15.9 Å². The van der Waals surface area contributed by atoms with E-state index in [9.17, 15) is 0 Å². The quantitative estimate of drug-likeness (QED) is 0.737. The summed E-state index contributed by atoms with van der Waals surface area (Å²) in [6, 6.07) is 6.80. The molecule has 1 unspecified atom stereocenters. The molecule has 0 bridgehead atoms. The van der Waals surface area contributed by atoms with Crippen LogP contribution in [0.1, 0.15) is 40.8 Å². The number of ether oxygens (including phenoxy) is 1. The van der Waals surface area contributed by atoms with Crippen LogP contribution in [0.5, 0.6) is 0 Å². The van der Waals surface area contributed by atoms with Gasteiger partial charge in [0.25, 0.3) is 0 Å². The van der Waals surface area contributed by atoms with Gasteiger partial charge < -0.3 is 4.74 Å². The molecule has 1 heterocycles. The van der Waals surface area contributed by atoms with Gasteiger partial charge in [-0.25, -0.2) is 0 Å². The van der Waals surface area contributed by atoms with Gasteiger partial charge in [-0.2, -0.15) is 0 Å². The molecule has 1 saturated carbocycles. The van der Waals surface area contributed by atoms with Crippen molar-refractivity contribution in [2.45, 2.75) is 37.3 Å². The zero-order chi connectivity index (χ0) is 10.3. The molecule has 0 amide bonds. The third-order valence-corrected chi connectivity index (χ3v) is 4.90. The van der Waals surface area contributed by atoms with Crippen LogP contribution in [0.2, 0.25) is 0 Å². The van der Waals surface area contributed by atoms with Gasteiger partial charge in [-0.1, -0.05) is 40.5 Å². The van der Waals surface area contributed by atoms with E-state index in [0.29, 0.717) is 4.83 Å². The van der Waals surface area contributed by atoms with Gasteiger partial charge in [0.1, 0.15) is 0 Å². The molecule has 1 aliphatic carbocycles. The van der Waals surface area contributed by atoms with E-state index < -0.39 is 0 Å². The van der Waals surface area contributed by atoms with E-state index in [4.69, 9.17) is 4.74 Å². The molecule has 1 atom stereocenters. The number of fused-ring (bicyclic) bond motifs is 1. The fourth-order valence-corrected chi connectivity index (χ4v) is 3.18. The Morgan fingerprint density at radius 3 is 2.73 bits per heavy atom. The second-order valence-corrected chi connectivity index (χ2v) is 5.60. The third-order valence-electron chi connectivity index (χ3n) is 3.63. The highest BCUT2D eigenvalue weighted by atomic mass is 79.9. The largest absolute Gasteiger partial charge is 0.372 e. The van der Waals surface area contributed by atoms with Gasteiger partial charge in [0.05, 0.1) is 13.2 Å². The Morgan fingerprint density at radius 2 is 2.00 bits per heavy atom. The molecule has 0 radical (unpaired) electrons. The van der Waals surface area contributed by atoms with Gasteiger partial charge >= 0.3 is 0 Å². The minimum atomic E-state index is 0.553. The number of benzene rings is 1. The van der Waals surface area contributed by atoms with E-state index in [-0.39, 0.29) is 0 Å². The fourth-order valence-electron chi connectivity index (χ4n) is 2.37.